The van der Waals surface area contributed by atoms with E-state index < -0.39 is 0 Å². The lowest BCUT2D eigenvalue weighted by molar-refractivity contribution is 0.343. The monoisotopic (exact) mass is 428 g/mol. The maximum atomic E-state index is 6.36. The number of para-hydroxylation sites is 4. The van der Waals surface area contributed by atoms with Crippen LogP contribution < -0.4 is 9.47 Å². The van der Waals surface area contributed by atoms with Crippen molar-refractivity contribution in [1.82, 2.24) is 0 Å². The Labute approximate surface area is 194 Å². The third-order valence-corrected chi connectivity index (χ3v) is 7.90. The van der Waals surface area contributed by atoms with Gasteiger partial charge >= 0.3 is 0 Å². The standard InChI is InChI=1S/C31H24O2/c1-21-20-30(22-10-2-6-14-26(22)32-27-15-7-3-11-23(27)30)18-19-31(21)24-12-4-8-16-28(24)33-29-17-9-5-13-25(29)31/h2-17,20H,18-19H2,1H3. The first-order chi connectivity index (χ1) is 16.2. The summed E-state index contributed by atoms with van der Waals surface area (Å²) < 4.78 is 12.7. The van der Waals surface area contributed by atoms with E-state index in [9.17, 15) is 0 Å². The van der Waals surface area contributed by atoms with E-state index in [1.165, 1.54) is 27.8 Å². The summed E-state index contributed by atoms with van der Waals surface area (Å²) in [7, 11) is 0. The van der Waals surface area contributed by atoms with Crippen LogP contribution in [0.5, 0.6) is 23.0 Å². The van der Waals surface area contributed by atoms with Gasteiger partial charge in [-0.05, 0) is 44.0 Å². The molecule has 0 bridgehead atoms. The fourth-order valence-electron chi connectivity index (χ4n) is 6.46. The molecule has 4 aromatic rings. The van der Waals surface area contributed by atoms with E-state index in [0.29, 0.717) is 0 Å². The van der Waals surface area contributed by atoms with Crippen molar-refractivity contribution in [2.45, 2.75) is 30.6 Å². The Kier molecular flexibility index (Phi) is 3.76. The summed E-state index contributed by atoms with van der Waals surface area (Å²) in [5, 5.41) is 0. The van der Waals surface area contributed by atoms with Gasteiger partial charge in [-0.2, -0.15) is 0 Å². The van der Waals surface area contributed by atoms with E-state index >= 15 is 0 Å². The van der Waals surface area contributed by atoms with Gasteiger partial charge in [0.05, 0.1) is 0 Å². The minimum absolute atomic E-state index is 0.196. The fourth-order valence-corrected chi connectivity index (χ4v) is 6.46. The number of ether oxygens (including phenoxy) is 2. The molecule has 160 valence electrons. The van der Waals surface area contributed by atoms with E-state index in [2.05, 4.69) is 110 Å². The molecule has 0 N–H and O–H groups in total. The van der Waals surface area contributed by atoms with Crippen molar-refractivity contribution in [2.24, 2.45) is 0 Å². The molecule has 0 amide bonds. The third-order valence-electron chi connectivity index (χ3n) is 7.90. The maximum Gasteiger partial charge on any atom is 0.131 e. The zero-order chi connectivity index (χ0) is 22.0. The molecule has 0 saturated heterocycles. The minimum atomic E-state index is -0.205. The highest BCUT2D eigenvalue weighted by Gasteiger charge is 2.51. The highest BCUT2D eigenvalue weighted by molar-refractivity contribution is 5.67. The average Bonchev–Trinajstić information content (AvgIpc) is 2.86. The molecule has 1 aliphatic carbocycles. The first-order valence-corrected chi connectivity index (χ1v) is 11.7. The van der Waals surface area contributed by atoms with Crippen LogP contribution in [0.25, 0.3) is 0 Å². The van der Waals surface area contributed by atoms with Gasteiger partial charge in [0.25, 0.3) is 0 Å². The lowest BCUT2D eigenvalue weighted by atomic mass is 9.55. The average molecular weight is 429 g/mol. The summed E-state index contributed by atoms with van der Waals surface area (Å²) in [4.78, 5) is 0. The lowest BCUT2D eigenvalue weighted by Gasteiger charge is -2.49. The number of allylic oxidation sites excluding steroid dienone is 2. The zero-order valence-electron chi connectivity index (χ0n) is 18.5. The number of fused-ring (bicyclic) bond motifs is 8. The summed E-state index contributed by atoms with van der Waals surface area (Å²) in [5.74, 6) is 3.85. The molecule has 0 radical (unpaired) electrons. The van der Waals surface area contributed by atoms with E-state index in [4.69, 9.17) is 9.47 Å². The number of benzene rings is 4. The molecule has 33 heavy (non-hydrogen) atoms. The molecule has 0 saturated carbocycles. The van der Waals surface area contributed by atoms with Gasteiger partial charge in [-0.1, -0.05) is 84.4 Å². The Morgan fingerprint density at radius 1 is 0.515 bits per heavy atom. The van der Waals surface area contributed by atoms with Gasteiger partial charge in [-0.15, -0.1) is 0 Å². The van der Waals surface area contributed by atoms with E-state index in [-0.39, 0.29) is 10.8 Å². The van der Waals surface area contributed by atoms with Crippen LogP contribution in [-0.4, -0.2) is 0 Å². The zero-order valence-corrected chi connectivity index (χ0v) is 18.5. The predicted molar refractivity (Wildman–Crippen MR) is 130 cm³/mol. The second-order valence-electron chi connectivity index (χ2n) is 9.39. The van der Waals surface area contributed by atoms with Crippen molar-refractivity contribution < 1.29 is 9.47 Å². The van der Waals surface area contributed by atoms with Gasteiger partial charge in [-0.3, -0.25) is 0 Å². The Morgan fingerprint density at radius 2 is 0.909 bits per heavy atom. The van der Waals surface area contributed by atoms with E-state index in [0.717, 1.165) is 35.8 Å². The van der Waals surface area contributed by atoms with Crippen LogP contribution in [0.15, 0.2) is 109 Å². The Bertz CT molecular complexity index is 1350. The Hall–Kier alpha value is -3.78. The van der Waals surface area contributed by atoms with Crippen molar-refractivity contribution >= 4 is 0 Å². The van der Waals surface area contributed by atoms with Crippen LogP contribution in [0.1, 0.15) is 42.0 Å². The molecule has 7 rings (SSSR count). The van der Waals surface area contributed by atoms with Crippen molar-refractivity contribution in [2.75, 3.05) is 0 Å². The molecule has 2 heterocycles. The van der Waals surface area contributed by atoms with Crippen LogP contribution in [0.3, 0.4) is 0 Å². The van der Waals surface area contributed by atoms with Gasteiger partial charge in [0.1, 0.15) is 23.0 Å². The van der Waals surface area contributed by atoms with Gasteiger partial charge < -0.3 is 9.47 Å². The van der Waals surface area contributed by atoms with Crippen LogP contribution in [0.4, 0.5) is 0 Å². The number of hydrogen-bond acceptors (Lipinski definition) is 2. The molecular formula is C31H24O2. The summed E-state index contributed by atoms with van der Waals surface area (Å²) in [5.41, 5.74) is 6.00. The summed E-state index contributed by atoms with van der Waals surface area (Å²) in [6.07, 6.45) is 4.51. The fraction of sp³-hybridized carbons (Fsp3) is 0.161. The van der Waals surface area contributed by atoms with E-state index in [1.54, 1.807) is 0 Å². The minimum Gasteiger partial charge on any atom is -0.457 e. The number of rotatable bonds is 0. The van der Waals surface area contributed by atoms with Crippen molar-refractivity contribution in [3.05, 3.63) is 131 Å². The van der Waals surface area contributed by atoms with Gasteiger partial charge in [-0.25, -0.2) is 0 Å². The number of hydrogen-bond donors (Lipinski definition) is 0. The molecule has 2 spiro atoms. The molecule has 2 heteroatoms. The van der Waals surface area contributed by atoms with Crippen LogP contribution in [0, 0.1) is 0 Å². The highest BCUT2D eigenvalue weighted by atomic mass is 16.5. The summed E-state index contributed by atoms with van der Waals surface area (Å²) in [6, 6.07) is 34.1. The summed E-state index contributed by atoms with van der Waals surface area (Å²) in [6.45, 7) is 2.31. The normalized spacial score (nSPS) is 18.2. The third kappa shape index (κ3) is 2.38. The van der Waals surface area contributed by atoms with Gasteiger partial charge in [0.2, 0.25) is 0 Å². The lowest BCUT2D eigenvalue weighted by Crippen LogP contribution is -2.42. The van der Waals surface area contributed by atoms with Gasteiger partial charge in [0, 0.05) is 33.1 Å². The van der Waals surface area contributed by atoms with Gasteiger partial charge in [0.15, 0.2) is 0 Å². The SMILES string of the molecule is CC1=CC2(CCC13c1ccccc1Oc1ccccc13)c1ccccc1Oc1ccccc12. The summed E-state index contributed by atoms with van der Waals surface area (Å²) >= 11 is 0. The molecule has 2 nitrogen and oxygen atoms in total. The molecule has 0 atom stereocenters. The van der Waals surface area contributed by atoms with Crippen molar-refractivity contribution in [3.8, 4) is 23.0 Å². The smallest absolute Gasteiger partial charge is 0.131 e. The Balaban J connectivity index is 1.52. The quantitative estimate of drug-likeness (QED) is 0.265. The van der Waals surface area contributed by atoms with E-state index in [1.807, 2.05) is 0 Å². The van der Waals surface area contributed by atoms with Crippen LogP contribution >= 0.6 is 0 Å². The van der Waals surface area contributed by atoms with Crippen molar-refractivity contribution in [3.63, 3.8) is 0 Å². The van der Waals surface area contributed by atoms with Crippen LogP contribution in [-0.2, 0) is 10.8 Å². The highest BCUT2D eigenvalue weighted by Crippen LogP contribution is 2.61. The Morgan fingerprint density at radius 3 is 1.36 bits per heavy atom. The molecule has 0 unspecified atom stereocenters. The molecule has 0 aromatic heterocycles. The second-order valence-corrected chi connectivity index (χ2v) is 9.39. The predicted octanol–water partition coefficient (Wildman–Crippen LogP) is 7.91. The first-order valence-electron chi connectivity index (χ1n) is 11.7. The van der Waals surface area contributed by atoms with Crippen molar-refractivity contribution in [1.29, 1.82) is 0 Å². The largest absolute Gasteiger partial charge is 0.457 e. The first kappa shape index (κ1) is 18.8. The molecule has 3 aliphatic rings. The molecular weight excluding hydrogens is 404 g/mol. The van der Waals surface area contributed by atoms with Crippen LogP contribution in [0.2, 0.25) is 0 Å². The molecule has 4 aromatic carbocycles. The topological polar surface area (TPSA) is 18.5 Å². The maximum absolute atomic E-state index is 6.36. The molecule has 0 fully saturated rings. The second kappa shape index (κ2) is 6.62. The molecule has 2 aliphatic heterocycles.